The van der Waals surface area contributed by atoms with E-state index in [-0.39, 0.29) is 0 Å². The topological polar surface area (TPSA) is 73.9 Å². The number of unbranched alkanes of at least 4 members (excludes halogenated alkanes) is 4. The van der Waals surface area contributed by atoms with Crippen LogP contribution < -0.4 is 5.32 Å². The van der Waals surface area contributed by atoms with E-state index in [4.69, 9.17) is 9.47 Å². The third-order valence-electron chi connectivity index (χ3n) is 3.35. The third-order valence-corrected chi connectivity index (χ3v) is 3.35. The Morgan fingerprint density at radius 1 is 1.17 bits per heavy atom. The van der Waals surface area contributed by atoms with Crippen molar-refractivity contribution < 1.29 is 23.8 Å². The number of hydrogen-bond acceptors (Lipinski definition) is 5. The molecule has 0 aromatic rings. The Morgan fingerprint density at radius 2 is 1.79 bits per heavy atom. The SMILES string of the molecule is C=C[C@H](OC(=O)OC)[C@@H](CCCCCCC)NC(=O)OC(C)(C)C. The molecule has 140 valence electrons. The fourth-order valence-corrected chi connectivity index (χ4v) is 2.20. The van der Waals surface area contributed by atoms with Gasteiger partial charge in [-0.3, -0.25) is 0 Å². The molecule has 24 heavy (non-hydrogen) atoms. The quantitative estimate of drug-likeness (QED) is 0.357. The number of carbonyl (C=O) groups excluding carboxylic acids is 2. The number of amides is 1. The fourth-order valence-electron chi connectivity index (χ4n) is 2.20. The van der Waals surface area contributed by atoms with E-state index in [0.717, 1.165) is 19.3 Å². The van der Waals surface area contributed by atoms with Crippen molar-refractivity contribution in [2.45, 2.75) is 84.0 Å². The molecule has 6 heteroatoms. The third kappa shape index (κ3) is 10.9. The zero-order valence-corrected chi connectivity index (χ0v) is 15.7. The van der Waals surface area contributed by atoms with Gasteiger partial charge in [-0.25, -0.2) is 9.59 Å². The highest BCUT2D eigenvalue weighted by atomic mass is 16.7. The molecule has 0 aliphatic carbocycles. The highest BCUT2D eigenvalue weighted by Gasteiger charge is 2.26. The molecule has 0 rings (SSSR count). The average Bonchev–Trinajstić information content (AvgIpc) is 2.49. The summed E-state index contributed by atoms with van der Waals surface area (Å²) in [5.74, 6) is 0. The van der Waals surface area contributed by atoms with Crippen LogP contribution in [0.4, 0.5) is 9.59 Å². The van der Waals surface area contributed by atoms with Gasteiger partial charge in [0.1, 0.15) is 11.7 Å². The molecule has 0 saturated heterocycles. The molecule has 0 aliphatic heterocycles. The van der Waals surface area contributed by atoms with Gasteiger partial charge in [0.15, 0.2) is 0 Å². The van der Waals surface area contributed by atoms with Crippen molar-refractivity contribution in [1.82, 2.24) is 5.32 Å². The predicted molar refractivity (Wildman–Crippen MR) is 94.0 cm³/mol. The second kappa shape index (κ2) is 11.8. The van der Waals surface area contributed by atoms with E-state index < -0.39 is 30.0 Å². The lowest BCUT2D eigenvalue weighted by atomic mass is 10.0. The number of carbonyl (C=O) groups is 2. The highest BCUT2D eigenvalue weighted by molar-refractivity contribution is 5.68. The lowest BCUT2D eigenvalue weighted by Gasteiger charge is -2.27. The monoisotopic (exact) mass is 343 g/mol. The molecule has 1 N–H and O–H groups in total. The summed E-state index contributed by atoms with van der Waals surface area (Å²) in [4.78, 5) is 23.4. The van der Waals surface area contributed by atoms with Crippen LogP contribution in [0.1, 0.15) is 66.2 Å². The summed E-state index contributed by atoms with van der Waals surface area (Å²) in [5.41, 5.74) is -0.595. The van der Waals surface area contributed by atoms with Gasteiger partial charge in [-0.1, -0.05) is 45.6 Å². The molecule has 0 aromatic heterocycles. The predicted octanol–water partition coefficient (Wildman–Crippen LogP) is 4.58. The van der Waals surface area contributed by atoms with Gasteiger partial charge in [-0.15, -0.1) is 0 Å². The van der Waals surface area contributed by atoms with Gasteiger partial charge in [0, 0.05) is 0 Å². The van der Waals surface area contributed by atoms with Gasteiger partial charge >= 0.3 is 12.2 Å². The second-order valence-electron chi connectivity index (χ2n) is 6.73. The van der Waals surface area contributed by atoms with Gasteiger partial charge in [-0.05, 0) is 33.3 Å². The van der Waals surface area contributed by atoms with Gasteiger partial charge in [0.25, 0.3) is 0 Å². The maximum absolute atomic E-state index is 12.0. The van der Waals surface area contributed by atoms with Crippen LogP contribution in [0.3, 0.4) is 0 Å². The van der Waals surface area contributed by atoms with Crippen molar-refractivity contribution in [3.63, 3.8) is 0 Å². The molecule has 0 spiro atoms. The zero-order valence-electron chi connectivity index (χ0n) is 15.7. The molecule has 0 unspecified atom stereocenters. The average molecular weight is 343 g/mol. The number of hydrogen-bond donors (Lipinski definition) is 1. The molecule has 0 aliphatic rings. The first-order valence-electron chi connectivity index (χ1n) is 8.60. The number of ether oxygens (including phenoxy) is 3. The van der Waals surface area contributed by atoms with Crippen molar-refractivity contribution in [3.8, 4) is 0 Å². The zero-order chi connectivity index (χ0) is 18.6. The van der Waals surface area contributed by atoms with Gasteiger partial charge in [0.2, 0.25) is 0 Å². The van der Waals surface area contributed by atoms with Gasteiger partial charge in [0.05, 0.1) is 13.2 Å². The minimum Gasteiger partial charge on any atom is -0.444 e. The van der Waals surface area contributed by atoms with Crippen LogP contribution in [0.2, 0.25) is 0 Å². The Bertz CT molecular complexity index is 389. The van der Waals surface area contributed by atoms with Crippen LogP contribution >= 0.6 is 0 Å². The molecule has 0 fully saturated rings. The van der Waals surface area contributed by atoms with E-state index in [2.05, 4.69) is 23.6 Å². The van der Waals surface area contributed by atoms with Crippen LogP contribution in [0.25, 0.3) is 0 Å². The first-order chi connectivity index (χ1) is 11.2. The summed E-state index contributed by atoms with van der Waals surface area (Å²) in [7, 11) is 1.24. The fraction of sp³-hybridized carbons (Fsp3) is 0.778. The minimum atomic E-state index is -0.804. The number of nitrogens with one attached hydrogen (secondary N) is 1. The summed E-state index contributed by atoms with van der Waals surface area (Å²) in [5, 5.41) is 2.78. The van der Waals surface area contributed by atoms with Crippen LogP contribution in [0, 0.1) is 0 Å². The molecular weight excluding hydrogens is 310 g/mol. The Hall–Kier alpha value is -1.72. The lowest BCUT2D eigenvalue weighted by Crippen LogP contribution is -2.46. The summed E-state index contributed by atoms with van der Waals surface area (Å²) < 4.78 is 15.0. The lowest BCUT2D eigenvalue weighted by molar-refractivity contribution is 0.0258. The Kier molecular flexibility index (Phi) is 10.9. The van der Waals surface area contributed by atoms with E-state index >= 15 is 0 Å². The van der Waals surface area contributed by atoms with Gasteiger partial charge < -0.3 is 19.5 Å². The molecule has 0 saturated carbocycles. The number of rotatable bonds is 10. The number of alkyl carbamates (subject to hydrolysis) is 1. The van der Waals surface area contributed by atoms with Crippen molar-refractivity contribution in [2.24, 2.45) is 0 Å². The van der Waals surface area contributed by atoms with Crippen molar-refractivity contribution in [3.05, 3.63) is 12.7 Å². The normalized spacial score (nSPS) is 13.5. The molecule has 0 aromatic carbocycles. The van der Waals surface area contributed by atoms with E-state index in [9.17, 15) is 9.59 Å². The summed E-state index contributed by atoms with van der Waals surface area (Å²) in [6, 6.07) is -0.405. The molecule has 0 radical (unpaired) electrons. The molecule has 2 atom stereocenters. The second-order valence-corrected chi connectivity index (χ2v) is 6.73. The molecular formula is C18H33NO5. The first-order valence-corrected chi connectivity index (χ1v) is 8.60. The number of methoxy groups -OCH3 is 1. The smallest absolute Gasteiger partial charge is 0.444 e. The molecule has 1 amide bonds. The van der Waals surface area contributed by atoms with Crippen molar-refractivity contribution in [1.29, 1.82) is 0 Å². The van der Waals surface area contributed by atoms with E-state index in [1.54, 1.807) is 20.8 Å². The van der Waals surface area contributed by atoms with Crippen molar-refractivity contribution >= 4 is 12.2 Å². The van der Waals surface area contributed by atoms with Gasteiger partial charge in [-0.2, -0.15) is 0 Å². The van der Waals surface area contributed by atoms with Crippen LogP contribution in [0.15, 0.2) is 12.7 Å². The summed E-state index contributed by atoms with van der Waals surface area (Å²) in [6.07, 6.45) is 5.61. The molecule has 6 nitrogen and oxygen atoms in total. The molecule has 0 heterocycles. The van der Waals surface area contributed by atoms with E-state index in [1.807, 2.05) is 0 Å². The Morgan fingerprint density at radius 3 is 2.29 bits per heavy atom. The Labute approximate surface area is 145 Å². The molecule has 0 bridgehead atoms. The minimum absolute atomic E-state index is 0.405. The maximum atomic E-state index is 12.0. The van der Waals surface area contributed by atoms with Crippen LogP contribution in [-0.4, -0.2) is 37.1 Å². The Balaban J connectivity index is 4.75. The highest BCUT2D eigenvalue weighted by Crippen LogP contribution is 2.14. The van der Waals surface area contributed by atoms with E-state index in [1.165, 1.54) is 26.0 Å². The van der Waals surface area contributed by atoms with Crippen LogP contribution in [0.5, 0.6) is 0 Å². The maximum Gasteiger partial charge on any atom is 0.508 e. The summed E-state index contributed by atoms with van der Waals surface area (Å²) in [6.45, 7) is 11.2. The van der Waals surface area contributed by atoms with Crippen LogP contribution in [-0.2, 0) is 14.2 Å². The standard InChI is InChI=1S/C18H33NO5/c1-7-9-10-11-12-13-14(15(8-2)23-17(21)22-6)19-16(20)24-18(3,4)5/h8,14-15H,2,7,9-13H2,1,3-6H3,(H,19,20)/t14-,15+/m1/s1. The largest absolute Gasteiger partial charge is 0.508 e. The van der Waals surface area contributed by atoms with Crippen molar-refractivity contribution in [2.75, 3.05) is 7.11 Å². The summed E-state index contributed by atoms with van der Waals surface area (Å²) >= 11 is 0. The first kappa shape index (κ1) is 22.3. The van der Waals surface area contributed by atoms with E-state index in [0.29, 0.717) is 6.42 Å².